The monoisotopic (exact) mass is 199 g/mol. The van der Waals surface area contributed by atoms with Crippen LogP contribution in [0.3, 0.4) is 0 Å². The topological polar surface area (TPSA) is 49.3 Å². The first kappa shape index (κ1) is 11.5. The maximum absolute atomic E-state index is 11.3. The molecule has 2 N–H and O–H groups in total. The number of nitrogens with one attached hydrogen (secondary N) is 1. The minimum atomic E-state index is 0.107. The van der Waals surface area contributed by atoms with Crippen LogP contribution in [0.1, 0.15) is 45.4 Å². The van der Waals surface area contributed by atoms with Crippen LogP contribution >= 0.6 is 0 Å². The Bertz CT molecular complexity index is 176. The van der Waals surface area contributed by atoms with Gasteiger partial charge in [0.2, 0.25) is 5.91 Å². The predicted octanol–water partition coefficient (Wildman–Crippen LogP) is 1.45. The minimum Gasteiger partial charge on any atom is -0.396 e. The van der Waals surface area contributed by atoms with Crippen molar-refractivity contribution in [3.05, 3.63) is 0 Å². The van der Waals surface area contributed by atoms with E-state index in [2.05, 4.69) is 5.32 Å². The van der Waals surface area contributed by atoms with E-state index in [-0.39, 0.29) is 18.6 Å². The highest BCUT2D eigenvalue weighted by molar-refractivity contribution is 5.75. The molecule has 1 rings (SSSR count). The summed E-state index contributed by atoms with van der Waals surface area (Å²) in [5.41, 5.74) is 0. The lowest BCUT2D eigenvalue weighted by Gasteiger charge is -2.23. The molecule has 1 saturated carbocycles. The second-order valence-corrected chi connectivity index (χ2v) is 4.08. The summed E-state index contributed by atoms with van der Waals surface area (Å²) < 4.78 is 0. The van der Waals surface area contributed by atoms with E-state index < -0.39 is 0 Å². The van der Waals surface area contributed by atoms with Crippen molar-refractivity contribution in [2.45, 2.75) is 51.5 Å². The van der Waals surface area contributed by atoms with Gasteiger partial charge in [0.15, 0.2) is 0 Å². The highest BCUT2D eigenvalue weighted by Gasteiger charge is 2.25. The number of carbonyl (C=O) groups is 1. The van der Waals surface area contributed by atoms with E-state index in [1.165, 1.54) is 25.7 Å². The molecule has 0 heterocycles. The van der Waals surface area contributed by atoms with Gasteiger partial charge in [0.1, 0.15) is 0 Å². The molecular formula is C11H21NO2. The zero-order valence-electron chi connectivity index (χ0n) is 8.96. The molecule has 1 aliphatic carbocycles. The molecule has 3 nitrogen and oxygen atoms in total. The van der Waals surface area contributed by atoms with Crippen molar-refractivity contribution in [2.24, 2.45) is 5.92 Å². The lowest BCUT2D eigenvalue weighted by atomic mass is 9.95. The molecular weight excluding hydrogens is 178 g/mol. The third kappa shape index (κ3) is 3.29. The van der Waals surface area contributed by atoms with Gasteiger partial charge < -0.3 is 10.4 Å². The lowest BCUT2D eigenvalue weighted by molar-refractivity contribution is -0.121. The molecule has 0 radical (unpaired) electrons. The van der Waals surface area contributed by atoms with Crippen LogP contribution in [0.2, 0.25) is 0 Å². The van der Waals surface area contributed by atoms with E-state index >= 15 is 0 Å². The Morgan fingerprint density at radius 2 is 2.14 bits per heavy atom. The van der Waals surface area contributed by atoms with Gasteiger partial charge >= 0.3 is 0 Å². The molecule has 3 heteroatoms. The van der Waals surface area contributed by atoms with E-state index in [1.807, 2.05) is 6.92 Å². The first-order chi connectivity index (χ1) is 6.77. The third-order valence-electron chi connectivity index (χ3n) is 3.08. The Hall–Kier alpha value is -0.570. The third-order valence-corrected chi connectivity index (χ3v) is 3.08. The summed E-state index contributed by atoms with van der Waals surface area (Å²) in [6.45, 7) is 2.03. The van der Waals surface area contributed by atoms with Gasteiger partial charge in [-0.1, -0.05) is 19.8 Å². The van der Waals surface area contributed by atoms with Crippen molar-refractivity contribution in [1.29, 1.82) is 0 Å². The summed E-state index contributed by atoms with van der Waals surface area (Å²) in [5.74, 6) is 0.702. The van der Waals surface area contributed by atoms with Gasteiger partial charge in [-0.3, -0.25) is 4.79 Å². The van der Waals surface area contributed by atoms with Crippen molar-refractivity contribution in [3.63, 3.8) is 0 Å². The van der Waals surface area contributed by atoms with Crippen LogP contribution in [-0.4, -0.2) is 23.7 Å². The molecule has 1 fully saturated rings. The normalized spacial score (nSPS) is 19.6. The Morgan fingerprint density at radius 3 is 2.64 bits per heavy atom. The summed E-state index contributed by atoms with van der Waals surface area (Å²) in [6.07, 6.45) is 6.19. The largest absolute Gasteiger partial charge is 0.396 e. The minimum absolute atomic E-state index is 0.107. The van der Waals surface area contributed by atoms with E-state index in [0.29, 0.717) is 18.8 Å². The van der Waals surface area contributed by atoms with Crippen molar-refractivity contribution in [3.8, 4) is 0 Å². The maximum atomic E-state index is 11.3. The van der Waals surface area contributed by atoms with Crippen LogP contribution in [-0.2, 0) is 4.79 Å². The molecule has 14 heavy (non-hydrogen) atoms. The first-order valence-electron chi connectivity index (χ1n) is 5.68. The molecule has 0 saturated heterocycles. The van der Waals surface area contributed by atoms with E-state index in [1.54, 1.807) is 0 Å². The van der Waals surface area contributed by atoms with E-state index in [9.17, 15) is 4.79 Å². The fraction of sp³-hybridized carbons (Fsp3) is 0.909. The molecule has 1 unspecified atom stereocenters. The molecule has 0 aromatic rings. The van der Waals surface area contributed by atoms with Gasteiger partial charge in [0, 0.05) is 19.1 Å². The molecule has 0 bridgehead atoms. The van der Waals surface area contributed by atoms with Gasteiger partial charge in [-0.25, -0.2) is 0 Å². The van der Waals surface area contributed by atoms with Crippen LogP contribution in [0, 0.1) is 5.92 Å². The van der Waals surface area contributed by atoms with Gasteiger partial charge in [-0.2, -0.15) is 0 Å². The van der Waals surface area contributed by atoms with Crippen molar-refractivity contribution >= 4 is 5.91 Å². The van der Waals surface area contributed by atoms with Gasteiger partial charge in [-0.15, -0.1) is 0 Å². The van der Waals surface area contributed by atoms with Gasteiger partial charge in [0.25, 0.3) is 0 Å². The number of hydrogen-bond donors (Lipinski definition) is 2. The van der Waals surface area contributed by atoms with E-state index in [0.717, 1.165) is 0 Å². The Kier molecular flexibility index (Phi) is 4.94. The standard InChI is InChI=1S/C11H21NO2/c1-2-11(14)12-10(7-8-13)9-5-3-4-6-9/h9-10,13H,2-8H2,1H3,(H,12,14). The number of aliphatic hydroxyl groups excluding tert-OH is 1. The highest BCUT2D eigenvalue weighted by atomic mass is 16.3. The second-order valence-electron chi connectivity index (χ2n) is 4.08. The number of amides is 1. The number of hydrogen-bond acceptors (Lipinski definition) is 2. The molecule has 0 aromatic carbocycles. The van der Waals surface area contributed by atoms with Crippen LogP contribution in [0.5, 0.6) is 0 Å². The summed E-state index contributed by atoms with van der Waals surface area (Å²) in [5, 5.41) is 11.9. The molecule has 1 amide bonds. The molecule has 1 aliphatic rings. The first-order valence-corrected chi connectivity index (χ1v) is 5.68. The zero-order valence-corrected chi connectivity index (χ0v) is 8.96. The molecule has 0 aliphatic heterocycles. The second kappa shape index (κ2) is 6.02. The summed E-state index contributed by atoms with van der Waals surface area (Å²) >= 11 is 0. The van der Waals surface area contributed by atoms with Crippen LogP contribution < -0.4 is 5.32 Å². The fourth-order valence-electron chi connectivity index (χ4n) is 2.23. The zero-order chi connectivity index (χ0) is 10.4. The average molecular weight is 199 g/mol. The van der Waals surface area contributed by atoms with E-state index in [4.69, 9.17) is 5.11 Å². The van der Waals surface area contributed by atoms with Crippen molar-refractivity contribution in [2.75, 3.05) is 6.61 Å². The molecule has 0 aromatic heterocycles. The number of carbonyl (C=O) groups excluding carboxylic acids is 1. The van der Waals surface area contributed by atoms with Gasteiger partial charge in [0.05, 0.1) is 0 Å². The number of rotatable bonds is 5. The maximum Gasteiger partial charge on any atom is 0.219 e. The predicted molar refractivity (Wildman–Crippen MR) is 55.9 cm³/mol. The Morgan fingerprint density at radius 1 is 1.50 bits per heavy atom. The van der Waals surface area contributed by atoms with Crippen LogP contribution in [0.4, 0.5) is 0 Å². The van der Waals surface area contributed by atoms with Crippen LogP contribution in [0.15, 0.2) is 0 Å². The quantitative estimate of drug-likeness (QED) is 0.704. The Balaban J connectivity index is 2.40. The average Bonchev–Trinajstić information content (AvgIpc) is 2.69. The highest BCUT2D eigenvalue weighted by Crippen LogP contribution is 2.28. The molecule has 82 valence electrons. The smallest absolute Gasteiger partial charge is 0.219 e. The SMILES string of the molecule is CCC(=O)NC(CCO)C1CCCC1. The fourth-order valence-corrected chi connectivity index (χ4v) is 2.23. The molecule has 0 spiro atoms. The van der Waals surface area contributed by atoms with Crippen molar-refractivity contribution < 1.29 is 9.90 Å². The summed E-state index contributed by atoms with van der Waals surface area (Å²) in [4.78, 5) is 11.3. The number of aliphatic hydroxyl groups is 1. The lowest BCUT2D eigenvalue weighted by Crippen LogP contribution is -2.39. The van der Waals surface area contributed by atoms with Gasteiger partial charge in [-0.05, 0) is 25.2 Å². The van der Waals surface area contributed by atoms with Crippen molar-refractivity contribution in [1.82, 2.24) is 5.32 Å². The molecule has 1 atom stereocenters. The Labute approximate surface area is 85.9 Å². The summed E-state index contributed by atoms with van der Waals surface area (Å²) in [7, 11) is 0. The summed E-state index contributed by atoms with van der Waals surface area (Å²) in [6, 6.07) is 0.204. The van der Waals surface area contributed by atoms with Crippen LogP contribution in [0.25, 0.3) is 0 Å².